The third-order valence-electron chi connectivity index (χ3n) is 1.65. The summed E-state index contributed by atoms with van der Waals surface area (Å²) in [4.78, 5) is 0. The molecule has 0 rings (SSSR count). The first-order chi connectivity index (χ1) is 5.24. The zero-order valence-electron chi connectivity index (χ0n) is 7.58. The van der Waals surface area contributed by atoms with Crippen LogP contribution in [0.15, 0.2) is 12.2 Å². The highest BCUT2D eigenvalue weighted by Gasteiger charge is 1.98. The maximum absolute atomic E-state index is 8.70. The monoisotopic (exact) mass is 158 g/mol. The minimum Gasteiger partial charge on any atom is -0.396 e. The molecule has 0 spiro atoms. The van der Waals surface area contributed by atoms with Gasteiger partial charge in [-0.05, 0) is 12.3 Å². The van der Waals surface area contributed by atoms with Crippen LogP contribution < -0.4 is 0 Å². The normalized spacial score (nSPS) is 17.1. The average Bonchev–Trinajstić information content (AvgIpc) is 2.06. The van der Waals surface area contributed by atoms with Crippen LogP contribution in [-0.2, 0) is 4.74 Å². The summed E-state index contributed by atoms with van der Waals surface area (Å²) in [5.74, 6) is 0.235. The highest BCUT2D eigenvalue weighted by Crippen LogP contribution is 2.01. The van der Waals surface area contributed by atoms with Crippen LogP contribution in [0.25, 0.3) is 0 Å². The van der Waals surface area contributed by atoms with E-state index in [1.807, 2.05) is 19.1 Å². The summed E-state index contributed by atoms with van der Waals surface area (Å²) in [7, 11) is 1.70. The van der Waals surface area contributed by atoms with E-state index in [0.717, 1.165) is 6.42 Å². The molecular formula is C9H18O2. The van der Waals surface area contributed by atoms with E-state index in [0.29, 0.717) is 0 Å². The van der Waals surface area contributed by atoms with Crippen LogP contribution in [0.4, 0.5) is 0 Å². The van der Waals surface area contributed by atoms with E-state index < -0.39 is 0 Å². The summed E-state index contributed by atoms with van der Waals surface area (Å²) in [6, 6.07) is 0. The van der Waals surface area contributed by atoms with Gasteiger partial charge in [0.1, 0.15) is 0 Å². The molecule has 0 saturated heterocycles. The van der Waals surface area contributed by atoms with Crippen molar-refractivity contribution in [3.8, 4) is 0 Å². The van der Waals surface area contributed by atoms with E-state index in [-0.39, 0.29) is 18.6 Å². The Bertz CT molecular complexity index is 106. The van der Waals surface area contributed by atoms with Crippen LogP contribution >= 0.6 is 0 Å². The van der Waals surface area contributed by atoms with Crippen molar-refractivity contribution in [2.24, 2.45) is 5.92 Å². The quantitative estimate of drug-likeness (QED) is 0.616. The maximum atomic E-state index is 8.70. The Morgan fingerprint density at radius 2 is 2.09 bits per heavy atom. The Kier molecular flexibility index (Phi) is 6.18. The lowest BCUT2D eigenvalue weighted by molar-refractivity contribution is 0.137. The van der Waals surface area contributed by atoms with Gasteiger partial charge in [-0.15, -0.1) is 0 Å². The molecule has 66 valence electrons. The molecular weight excluding hydrogens is 140 g/mol. The van der Waals surface area contributed by atoms with E-state index in [1.165, 1.54) is 0 Å². The lowest BCUT2D eigenvalue weighted by Crippen LogP contribution is -2.05. The minimum absolute atomic E-state index is 0.198. The second-order valence-corrected chi connectivity index (χ2v) is 2.73. The summed E-state index contributed by atoms with van der Waals surface area (Å²) >= 11 is 0. The van der Waals surface area contributed by atoms with Crippen LogP contribution in [0.2, 0.25) is 0 Å². The highest BCUT2D eigenvalue weighted by atomic mass is 16.5. The molecule has 1 N–H and O–H groups in total. The second kappa shape index (κ2) is 6.38. The molecule has 0 aromatic heterocycles. The summed E-state index contributed by atoms with van der Waals surface area (Å²) < 4.78 is 5.13. The average molecular weight is 158 g/mol. The first-order valence-corrected chi connectivity index (χ1v) is 4.06. The molecule has 0 aliphatic carbocycles. The van der Waals surface area contributed by atoms with Gasteiger partial charge in [-0.25, -0.2) is 0 Å². The Morgan fingerprint density at radius 1 is 1.45 bits per heavy atom. The van der Waals surface area contributed by atoms with Crippen LogP contribution in [0.5, 0.6) is 0 Å². The first-order valence-electron chi connectivity index (χ1n) is 4.06. The number of ether oxygens (including phenoxy) is 1. The van der Waals surface area contributed by atoms with Crippen molar-refractivity contribution in [1.82, 2.24) is 0 Å². The van der Waals surface area contributed by atoms with Crippen molar-refractivity contribution in [1.29, 1.82) is 0 Å². The molecule has 0 radical (unpaired) electrons. The van der Waals surface area contributed by atoms with Gasteiger partial charge in [-0.3, -0.25) is 0 Å². The molecule has 2 heteroatoms. The predicted molar refractivity (Wildman–Crippen MR) is 46.5 cm³/mol. The molecule has 0 saturated carbocycles. The van der Waals surface area contributed by atoms with Gasteiger partial charge in [-0.2, -0.15) is 0 Å². The van der Waals surface area contributed by atoms with Gasteiger partial charge in [0.05, 0.1) is 6.10 Å². The van der Waals surface area contributed by atoms with E-state index in [4.69, 9.17) is 9.84 Å². The predicted octanol–water partition coefficient (Wildman–Crippen LogP) is 1.60. The lowest BCUT2D eigenvalue weighted by Gasteiger charge is -2.07. The molecule has 0 aliphatic rings. The summed E-state index contributed by atoms with van der Waals surface area (Å²) in [6.45, 7) is 4.25. The first kappa shape index (κ1) is 10.7. The Labute approximate surface area is 68.9 Å². The number of hydrogen-bond acceptors (Lipinski definition) is 2. The number of methoxy groups -OCH3 is 1. The third kappa shape index (κ3) is 4.99. The van der Waals surface area contributed by atoms with Gasteiger partial charge in [-0.1, -0.05) is 26.0 Å². The maximum Gasteiger partial charge on any atom is 0.0749 e. The van der Waals surface area contributed by atoms with E-state index >= 15 is 0 Å². The number of aliphatic hydroxyl groups excluding tert-OH is 1. The number of rotatable bonds is 5. The number of aliphatic hydroxyl groups is 1. The van der Waals surface area contributed by atoms with E-state index in [9.17, 15) is 0 Å². The van der Waals surface area contributed by atoms with E-state index in [1.54, 1.807) is 7.11 Å². The fourth-order valence-electron chi connectivity index (χ4n) is 0.756. The zero-order chi connectivity index (χ0) is 8.69. The third-order valence-corrected chi connectivity index (χ3v) is 1.65. The standard InChI is InChI=1S/C9H18O2/c1-4-9(11-3)6-5-8(2)7-10/h5-6,8-10H,4,7H2,1-3H3/b6-5+. The van der Waals surface area contributed by atoms with Crippen molar-refractivity contribution < 1.29 is 9.84 Å². The second-order valence-electron chi connectivity index (χ2n) is 2.73. The van der Waals surface area contributed by atoms with Gasteiger partial charge < -0.3 is 9.84 Å². The van der Waals surface area contributed by atoms with Gasteiger partial charge in [0.2, 0.25) is 0 Å². The minimum atomic E-state index is 0.198. The highest BCUT2D eigenvalue weighted by molar-refractivity contribution is 4.91. The summed E-state index contributed by atoms with van der Waals surface area (Å²) in [5, 5.41) is 8.70. The van der Waals surface area contributed by atoms with Crippen LogP contribution in [0, 0.1) is 5.92 Å². The topological polar surface area (TPSA) is 29.5 Å². The molecule has 11 heavy (non-hydrogen) atoms. The molecule has 2 unspecified atom stereocenters. The van der Waals surface area contributed by atoms with Gasteiger partial charge in [0.25, 0.3) is 0 Å². The van der Waals surface area contributed by atoms with Crippen molar-refractivity contribution >= 4 is 0 Å². The molecule has 0 heterocycles. The van der Waals surface area contributed by atoms with Gasteiger partial charge in [0, 0.05) is 13.7 Å². The smallest absolute Gasteiger partial charge is 0.0749 e. The molecule has 0 bridgehead atoms. The molecule has 2 nitrogen and oxygen atoms in total. The molecule has 0 aromatic rings. The van der Waals surface area contributed by atoms with Crippen molar-refractivity contribution in [2.45, 2.75) is 26.4 Å². The Morgan fingerprint density at radius 3 is 2.45 bits per heavy atom. The molecule has 0 aromatic carbocycles. The van der Waals surface area contributed by atoms with Gasteiger partial charge in [0.15, 0.2) is 0 Å². The zero-order valence-corrected chi connectivity index (χ0v) is 7.58. The molecule has 2 atom stereocenters. The van der Waals surface area contributed by atoms with Crippen LogP contribution in [-0.4, -0.2) is 24.9 Å². The van der Waals surface area contributed by atoms with Crippen LogP contribution in [0.3, 0.4) is 0 Å². The van der Waals surface area contributed by atoms with Gasteiger partial charge >= 0.3 is 0 Å². The van der Waals surface area contributed by atoms with Crippen molar-refractivity contribution in [2.75, 3.05) is 13.7 Å². The fraction of sp³-hybridized carbons (Fsp3) is 0.778. The Balaban J connectivity index is 3.68. The molecule has 0 aliphatic heterocycles. The lowest BCUT2D eigenvalue weighted by atomic mass is 10.1. The van der Waals surface area contributed by atoms with Crippen LogP contribution in [0.1, 0.15) is 20.3 Å². The number of hydrogen-bond donors (Lipinski definition) is 1. The summed E-state index contributed by atoms with van der Waals surface area (Å²) in [5.41, 5.74) is 0. The molecule has 0 amide bonds. The Hall–Kier alpha value is -0.340. The summed E-state index contributed by atoms with van der Waals surface area (Å²) in [6.07, 6.45) is 5.16. The van der Waals surface area contributed by atoms with Crippen molar-refractivity contribution in [3.05, 3.63) is 12.2 Å². The largest absolute Gasteiger partial charge is 0.396 e. The van der Waals surface area contributed by atoms with Crippen molar-refractivity contribution in [3.63, 3.8) is 0 Å². The SMILES string of the molecule is CCC(/C=C/C(C)CO)OC. The molecule has 0 fully saturated rings. The van der Waals surface area contributed by atoms with E-state index in [2.05, 4.69) is 6.92 Å². The fourth-order valence-corrected chi connectivity index (χ4v) is 0.756.